The van der Waals surface area contributed by atoms with Crippen LogP contribution in [0.5, 0.6) is 5.88 Å². The van der Waals surface area contributed by atoms with Crippen molar-refractivity contribution in [2.75, 3.05) is 5.32 Å². The third-order valence-corrected chi connectivity index (χ3v) is 2.87. The van der Waals surface area contributed by atoms with Gasteiger partial charge in [-0.15, -0.1) is 0 Å². The first-order valence-electron chi connectivity index (χ1n) is 6.28. The normalized spacial score (nSPS) is 14.5. The van der Waals surface area contributed by atoms with Crippen LogP contribution in [-0.2, 0) is 0 Å². The first kappa shape index (κ1) is 13.7. The molecule has 0 aromatic carbocycles. The Balaban J connectivity index is 2.65. The van der Waals surface area contributed by atoms with Crippen LogP contribution in [0.1, 0.15) is 41.0 Å². The van der Waals surface area contributed by atoms with Gasteiger partial charge in [0, 0.05) is 12.1 Å². The lowest BCUT2D eigenvalue weighted by molar-refractivity contribution is 0.232. The van der Waals surface area contributed by atoms with E-state index in [9.17, 15) is 0 Å². The predicted molar refractivity (Wildman–Crippen MR) is 70.3 cm³/mol. The van der Waals surface area contributed by atoms with Crippen molar-refractivity contribution >= 4 is 5.82 Å². The summed E-state index contributed by atoms with van der Waals surface area (Å²) in [6.07, 6.45) is 2.81. The molecule has 0 fully saturated rings. The van der Waals surface area contributed by atoms with Gasteiger partial charge in [0.2, 0.25) is 5.88 Å². The summed E-state index contributed by atoms with van der Waals surface area (Å²) < 4.78 is 5.53. The maximum absolute atomic E-state index is 5.53. The van der Waals surface area contributed by atoms with Gasteiger partial charge in [-0.05, 0) is 26.7 Å². The highest BCUT2D eigenvalue weighted by molar-refractivity contribution is 5.38. The number of rotatable bonds is 6. The number of anilines is 1. The maximum Gasteiger partial charge on any atom is 0.218 e. The molecule has 0 aliphatic heterocycles. The molecule has 0 bridgehead atoms. The molecule has 0 aliphatic carbocycles. The topological polar surface area (TPSA) is 47.0 Å². The first-order chi connectivity index (χ1) is 8.02. The smallest absolute Gasteiger partial charge is 0.218 e. The fourth-order valence-electron chi connectivity index (χ4n) is 1.45. The van der Waals surface area contributed by atoms with Gasteiger partial charge < -0.3 is 10.1 Å². The molecule has 0 saturated heterocycles. The van der Waals surface area contributed by atoms with Gasteiger partial charge in [-0.1, -0.05) is 20.3 Å². The van der Waals surface area contributed by atoms with Crippen LogP contribution in [0.2, 0.25) is 0 Å². The number of nitrogens with one attached hydrogen (secondary N) is 1. The quantitative estimate of drug-likeness (QED) is 0.825. The SMILES string of the molecule is CCC(C)C(C)Nc1cc(OC(C)C)ncn1. The van der Waals surface area contributed by atoms with E-state index in [-0.39, 0.29) is 6.10 Å². The number of nitrogens with zero attached hydrogens (tertiary/aromatic N) is 2. The third kappa shape index (κ3) is 4.59. The molecule has 1 aromatic heterocycles. The second-order valence-electron chi connectivity index (χ2n) is 4.73. The molecule has 0 radical (unpaired) electrons. The molecule has 1 heterocycles. The summed E-state index contributed by atoms with van der Waals surface area (Å²) in [4.78, 5) is 8.28. The van der Waals surface area contributed by atoms with Crippen LogP contribution in [0.3, 0.4) is 0 Å². The van der Waals surface area contributed by atoms with Crippen LogP contribution in [0.4, 0.5) is 5.82 Å². The Morgan fingerprint density at radius 2 is 1.94 bits per heavy atom. The maximum atomic E-state index is 5.53. The minimum Gasteiger partial charge on any atom is -0.475 e. The van der Waals surface area contributed by atoms with Gasteiger partial charge in [0.05, 0.1) is 6.10 Å². The van der Waals surface area contributed by atoms with Crippen molar-refractivity contribution in [1.82, 2.24) is 9.97 Å². The zero-order valence-corrected chi connectivity index (χ0v) is 11.4. The number of ether oxygens (including phenoxy) is 1. The van der Waals surface area contributed by atoms with Crippen molar-refractivity contribution < 1.29 is 4.74 Å². The Hall–Kier alpha value is -1.32. The Kier molecular flexibility index (Phi) is 5.19. The molecule has 1 rings (SSSR count). The molecule has 0 saturated carbocycles. The number of hydrogen-bond acceptors (Lipinski definition) is 4. The van der Waals surface area contributed by atoms with E-state index in [2.05, 4.69) is 36.1 Å². The molecular weight excluding hydrogens is 214 g/mol. The van der Waals surface area contributed by atoms with Gasteiger partial charge in [0.15, 0.2) is 0 Å². The minimum atomic E-state index is 0.129. The molecule has 4 heteroatoms. The van der Waals surface area contributed by atoms with E-state index in [1.807, 2.05) is 19.9 Å². The molecule has 0 spiro atoms. The standard InChI is InChI=1S/C13H23N3O/c1-6-10(4)11(5)16-12-7-13(15-8-14-12)17-9(2)3/h7-11H,6H2,1-5H3,(H,14,15,16). The van der Waals surface area contributed by atoms with E-state index < -0.39 is 0 Å². The molecule has 96 valence electrons. The van der Waals surface area contributed by atoms with Gasteiger partial charge in [-0.25, -0.2) is 9.97 Å². The first-order valence-corrected chi connectivity index (χ1v) is 6.28. The monoisotopic (exact) mass is 237 g/mol. The molecule has 0 aliphatic rings. The van der Waals surface area contributed by atoms with Gasteiger partial charge >= 0.3 is 0 Å². The molecule has 4 nitrogen and oxygen atoms in total. The summed E-state index contributed by atoms with van der Waals surface area (Å²) in [6.45, 7) is 10.5. The second-order valence-corrected chi connectivity index (χ2v) is 4.73. The lowest BCUT2D eigenvalue weighted by atomic mass is 10.0. The Morgan fingerprint density at radius 3 is 2.53 bits per heavy atom. The summed E-state index contributed by atoms with van der Waals surface area (Å²) in [5.41, 5.74) is 0. The zero-order valence-electron chi connectivity index (χ0n) is 11.4. The van der Waals surface area contributed by atoms with Gasteiger partial charge in [0.1, 0.15) is 12.1 Å². The molecular formula is C13H23N3O. The van der Waals surface area contributed by atoms with Gasteiger partial charge in [-0.2, -0.15) is 0 Å². The summed E-state index contributed by atoms with van der Waals surface area (Å²) in [5, 5.41) is 3.38. The van der Waals surface area contributed by atoms with Crippen LogP contribution >= 0.6 is 0 Å². The highest BCUT2D eigenvalue weighted by atomic mass is 16.5. The average molecular weight is 237 g/mol. The van der Waals surface area contributed by atoms with Gasteiger partial charge in [0.25, 0.3) is 0 Å². The fourth-order valence-corrected chi connectivity index (χ4v) is 1.45. The molecule has 1 aromatic rings. The van der Waals surface area contributed by atoms with E-state index in [4.69, 9.17) is 4.74 Å². The Labute approximate surface area is 104 Å². The van der Waals surface area contributed by atoms with Crippen LogP contribution in [0.25, 0.3) is 0 Å². The zero-order chi connectivity index (χ0) is 12.8. The predicted octanol–water partition coefficient (Wildman–Crippen LogP) is 3.11. The van der Waals surface area contributed by atoms with Gasteiger partial charge in [-0.3, -0.25) is 0 Å². The summed E-state index contributed by atoms with van der Waals surface area (Å²) in [7, 11) is 0. The van der Waals surface area contributed by atoms with Crippen LogP contribution in [-0.4, -0.2) is 22.1 Å². The molecule has 17 heavy (non-hydrogen) atoms. The third-order valence-electron chi connectivity index (χ3n) is 2.87. The van der Waals surface area contributed by atoms with E-state index in [1.54, 1.807) is 0 Å². The fraction of sp³-hybridized carbons (Fsp3) is 0.692. The van der Waals surface area contributed by atoms with Crippen LogP contribution < -0.4 is 10.1 Å². The highest BCUT2D eigenvalue weighted by Gasteiger charge is 2.11. The molecule has 1 N–H and O–H groups in total. The van der Waals surface area contributed by atoms with E-state index >= 15 is 0 Å². The van der Waals surface area contributed by atoms with E-state index in [1.165, 1.54) is 6.33 Å². The molecule has 0 amide bonds. The molecule has 2 unspecified atom stereocenters. The van der Waals surface area contributed by atoms with Crippen molar-refractivity contribution in [1.29, 1.82) is 0 Å². The highest BCUT2D eigenvalue weighted by Crippen LogP contribution is 2.16. The van der Waals surface area contributed by atoms with E-state index in [0.29, 0.717) is 17.8 Å². The van der Waals surface area contributed by atoms with Crippen molar-refractivity contribution in [3.63, 3.8) is 0 Å². The lowest BCUT2D eigenvalue weighted by Gasteiger charge is -2.20. The van der Waals surface area contributed by atoms with Crippen LogP contribution in [0.15, 0.2) is 12.4 Å². The Bertz CT molecular complexity index is 341. The Morgan fingerprint density at radius 1 is 1.24 bits per heavy atom. The van der Waals surface area contributed by atoms with Crippen LogP contribution in [0, 0.1) is 5.92 Å². The number of hydrogen-bond donors (Lipinski definition) is 1. The number of aromatic nitrogens is 2. The summed E-state index contributed by atoms with van der Waals surface area (Å²) in [5.74, 6) is 2.05. The minimum absolute atomic E-state index is 0.129. The van der Waals surface area contributed by atoms with Crippen molar-refractivity contribution in [3.05, 3.63) is 12.4 Å². The molecule has 2 atom stereocenters. The summed E-state index contributed by atoms with van der Waals surface area (Å²) in [6, 6.07) is 2.24. The van der Waals surface area contributed by atoms with Crippen molar-refractivity contribution in [2.45, 2.75) is 53.2 Å². The van der Waals surface area contributed by atoms with E-state index in [0.717, 1.165) is 12.2 Å². The van der Waals surface area contributed by atoms with Crippen molar-refractivity contribution in [3.8, 4) is 5.88 Å². The lowest BCUT2D eigenvalue weighted by Crippen LogP contribution is -2.23. The second kappa shape index (κ2) is 6.42. The summed E-state index contributed by atoms with van der Waals surface area (Å²) >= 11 is 0. The average Bonchev–Trinajstić information content (AvgIpc) is 2.27. The van der Waals surface area contributed by atoms with Crippen molar-refractivity contribution in [2.24, 2.45) is 5.92 Å². The largest absolute Gasteiger partial charge is 0.475 e.